The van der Waals surface area contributed by atoms with Crippen LogP contribution in [0.2, 0.25) is 0 Å². The Labute approximate surface area is 129 Å². The number of halogens is 1. The molecular formula is C16H17FN2OS. The summed E-state index contributed by atoms with van der Waals surface area (Å²) in [6.07, 6.45) is 0. The molecule has 0 bridgehead atoms. The third kappa shape index (κ3) is 3.31. The lowest BCUT2D eigenvalue weighted by Gasteiger charge is -2.22. The summed E-state index contributed by atoms with van der Waals surface area (Å²) in [6, 6.07) is 12.7. The van der Waals surface area contributed by atoms with Gasteiger partial charge in [-0.05, 0) is 18.2 Å². The highest BCUT2D eigenvalue weighted by Gasteiger charge is 2.13. The van der Waals surface area contributed by atoms with E-state index in [-0.39, 0.29) is 16.4 Å². The van der Waals surface area contributed by atoms with Crippen molar-refractivity contribution in [3.8, 4) is 5.75 Å². The number of hydrogen-bond donors (Lipinski definition) is 1. The van der Waals surface area contributed by atoms with Gasteiger partial charge in [0.1, 0.15) is 16.6 Å². The molecule has 0 aliphatic rings. The Bertz CT molecular complexity index is 660. The van der Waals surface area contributed by atoms with Crippen molar-refractivity contribution in [1.29, 1.82) is 0 Å². The molecule has 0 aliphatic carbocycles. The number of thiocarbonyl (C=S) groups is 1. The first-order valence-electron chi connectivity index (χ1n) is 6.46. The number of benzene rings is 2. The fraction of sp³-hybridized carbons (Fsp3) is 0.188. The van der Waals surface area contributed by atoms with Crippen LogP contribution >= 0.6 is 12.2 Å². The molecule has 0 aliphatic heterocycles. The van der Waals surface area contributed by atoms with E-state index in [4.69, 9.17) is 22.7 Å². The number of hydrogen-bond acceptors (Lipinski definition) is 3. The Hall–Kier alpha value is -2.14. The van der Waals surface area contributed by atoms with Crippen LogP contribution in [0, 0.1) is 5.82 Å². The second-order valence-electron chi connectivity index (χ2n) is 4.67. The highest BCUT2D eigenvalue weighted by atomic mass is 32.1. The van der Waals surface area contributed by atoms with Crippen molar-refractivity contribution >= 4 is 22.9 Å². The lowest BCUT2D eigenvalue weighted by Crippen LogP contribution is -2.20. The molecule has 21 heavy (non-hydrogen) atoms. The Morgan fingerprint density at radius 3 is 2.62 bits per heavy atom. The molecular weight excluding hydrogens is 287 g/mol. The molecule has 0 saturated heterocycles. The Morgan fingerprint density at radius 1 is 1.24 bits per heavy atom. The molecule has 0 saturated carbocycles. The third-order valence-electron chi connectivity index (χ3n) is 3.25. The van der Waals surface area contributed by atoms with E-state index in [1.807, 2.05) is 36.2 Å². The highest BCUT2D eigenvalue weighted by molar-refractivity contribution is 7.80. The third-order valence-corrected chi connectivity index (χ3v) is 3.47. The van der Waals surface area contributed by atoms with E-state index < -0.39 is 0 Å². The Kier molecular flexibility index (Phi) is 4.75. The summed E-state index contributed by atoms with van der Waals surface area (Å²) in [7, 11) is 3.49. The van der Waals surface area contributed by atoms with Crippen LogP contribution in [0.15, 0.2) is 42.5 Å². The number of rotatable bonds is 5. The molecule has 0 atom stereocenters. The van der Waals surface area contributed by atoms with E-state index in [2.05, 4.69) is 0 Å². The fourth-order valence-corrected chi connectivity index (χ4v) is 2.34. The maximum Gasteiger partial charge on any atom is 0.142 e. The minimum absolute atomic E-state index is 0.0642. The molecule has 110 valence electrons. The predicted octanol–water partition coefficient (Wildman–Crippen LogP) is 3.10. The molecule has 0 spiro atoms. The van der Waals surface area contributed by atoms with Crippen LogP contribution in [0.25, 0.3) is 0 Å². The smallest absolute Gasteiger partial charge is 0.142 e. The minimum Gasteiger partial charge on any atom is -0.495 e. The lowest BCUT2D eigenvalue weighted by atomic mass is 10.1. The van der Waals surface area contributed by atoms with Crippen molar-refractivity contribution in [3.05, 3.63) is 59.4 Å². The Morgan fingerprint density at radius 2 is 1.95 bits per heavy atom. The van der Waals surface area contributed by atoms with E-state index in [0.29, 0.717) is 12.1 Å². The summed E-state index contributed by atoms with van der Waals surface area (Å²) in [6.45, 7) is 0.392. The zero-order chi connectivity index (χ0) is 15.4. The average Bonchev–Trinajstić information content (AvgIpc) is 2.48. The summed E-state index contributed by atoms with van der Waals surface area (Å²) in [5.41, 5.74) is 7.23. The van der Waals surface area contributed by atoms with Crippen LogP contribution in [-0.2, 0) is 6.54 Å². The van der Waals surface area contributed by atoms with Gasteiger partial charge in [0.25, 0.3) is 0 Å². The SMILES string of the molecule is COc1ccccc1N(C)Cc1cccc(C(N)=S)c1F. The van der Waals surface area contributed by atoms with Crippen molar-refractivity contribution in [2.24, 2.45) is 5.73 Å². The number of ether oxygens (including phenoxy) is 1. The first kappa shape index (κ1) is 15.3. The van der Waals surface area contributed by atoms with Crippen molar-refractivity contribution < 1.29 is 9.13 Å². The van der Waals surface area contributed by atoms with Gasteiger partial charge in [0.2, 0.25) is 0 Å². The van der Waals surface area contributed by atoms with Crippen LogP contribution in [0.3, 0.4) is 0 Å². The lowest BCUT2D eigenvalue weighted by molar-refractivity contribution is 0.414. The molecule has 2 aromatic rings. The fourth-order valence-electron chi connectivity index (χ4n) is 2.18. The Balaban J connectivity index is 2.30. The molecule has 0 unspecified atom stereocenters. The molecule has 5 heteroatoms. The maximum absolute atomic E-state index is 14.4. The van der Waals surface area contributed by atoms with Gasteiger partial charge in [-0.25, -0.2) is 4.39 Å². The first-order chi connectivity index (χ1) is 10.0. The number of nitrogens with two attached hydrogens (primary N) is 1. The number of methoxy groups -OCH3 is 1. The molecule has 0 radical (unpaired) electrons. The summed E-state index contributed by atoms with van der Waals surface area (Å²) in [4.78, 5) is 1.98. The van der Waals surface area contributed by atoms with E-state index in [1.165, 1.54) is 0 Å². The van der Waals surface area contributed by atoms with Gasteiger partial charge in [0, 0.05) is 24.7 Å². The van der Waals surface area contributed by atoms with Gasteiger partial charge in [-0.3, -0.25) is 0 Å². The molecule has 3 nitrogen and oxygen atoms in total. The molecule has 2 aromatic carbocycles. The van der Waals surface area contributed by atoms with Crippen molar-refractivity contribution in [2.45, 2.75) is 6.54 Å². The zero-order valence-electron chi connectivity index (χ0n) is 12.0. The largest absolute Gasteiger partial charge is 0.495 e. The van der Waals surface area contributed by atoms with E-state index in [1.54, 1.807) is 25.3 Å². The van der Waals surface area contributed by atoms with Crippen molar-refractivity contribution in [1.82, 2.24) is 0 Å². The normalized spacial score (nSPS) is 10.2. The van der Waals surface area contributed by atoms with Crippen LogP contribution in [0.4, 0.5) is 10.1 Å². The summed E-state index contributed by atoms with van der Waals surface area (Å²) in [5.74, 6) is 0.373. The quantitative estimate of drug-likeness (QED) is 0.862. The predicted molar refractivity (Wildman–Crippen MR) is 87.4 cm³/mol. The number of para-hydroxylation sites is 2. The van der Waals surface area contributed by atoms with Gasteiger partial charge < -0.3 is 15.4 Å². The van der Waals surface area contributed by atoms with Crippen LogP contribution in [0.1, 0.15) is 11.1 Å². The molecule has 2 rings (SSSR count). The van der Waals surface area contributed by atoms with Crippen LogP contribution in [-0.4, -0.2) is 19.1 Å². The van der Waals surface area contributed by atoms with Gasteiger partial charge in [0.15, 0.2) is 0 Å². The topological polar surface area (TPSA) is 38.5 Å². The minimum atomic E-state index is -0.369. The molecule has 0 amide bonds. The molecule has 0 fully saturated rings. The molecule has 0 aromatic heterocycles. The second-order valence-corrected chi connectivity index (χ2v) is 5.11. The van der Waals surface area contributed by atoms with E-state index in [0.717, 1.165) is 11.4 Å². The van der Waals surface area contributed by atoms with Gasteiger partial charge in [-0.1, -0.05) is 36.5 Å². The van der Waals surface area contributed by atoms with E-state index in [9.17, 15) is 4.39 Å². The molecule has 0 heterocycles. The van der Waals surface area contributed by atoms with Crippen LogP contribution < -0.4 is 15.4 Å². The zero-order valence-corrected chi connectivity index (χ0v) is 12.8. The number of anilines is 1. The maximum atomic E-state index is 14.4. The van der Waals surface area contributed by atoms with Crippen LogP contribution in [0.5, 0.6) is 5.75 Å². The van der Waals surface area contributed by atoms with Gasteiger partial charge in [-0.2, -0.15) is 0 Å². The summed E-state index contributed by atoms with van der Waals surface area (Å²) in [5, 5.41) is 0. The summed E-state index contributed by atoms with van der Waals surface area (Å²) < 4.78 is 19.7. The van der Waals surface area contributed by atoms with Crippen molar-refractivity contribution in [2.75, 3.05) is 19.1 Å². The summed E-state index contributed by atoms with van der Waals surface area (Å²) >= 11 is 4.86. The highest BCUT2D eigenvalue weighted by Crippen LogP contribution is 2.28. The molecule has 2 N–H and O–H groups in total. The number of nitrogens with zero attached hydrogens (tertiary/aromatic N) is 1. The van der Waals surface area contributed by atoms with Crippen molar-refractivity contribution in [3.63, 3.8) is 0 Å². The monoisotopic (exact) mass is 304 g/mol. The van der Waals surface area contributed by atoms with Gasteiger partial charge >= 0.3 is 0 Å². The van der Waals surface area contributed by atoms with Gasteiger partial charge in [-0.15, -0.1) is 0 Å². The second kappa shape index (κ2) is 6.54. The van der Waals surface area contributed by atoms with E-state index >= 15 is 0 Å². The standard InChI is InChI=1S/C16H17FN2OS/c1-19(13-8-3-4-9-14(13)20-2)10-11-6-5-7-12(15(11)17)16(18)21/h3-9H,10H2,1-2H3,(H2,18,21). The average molecular weight is 304 g/mol. The first-order valence-corrected chi connectivity index (χ1v) is 6.86. The van der Waals surface area contributed by atoms with Gasteiger partial charge in [0.05, 0.1) is 12.8 Å².